The zero-order valence-corrected chi connectivity index (χ0v) is 14.7. The number of ether oxygens (including phenoxy) is 1. The van der Waals surface area contributed by atoms with Gasteiger partial charge in [0.1, 0.15) is 12.4 Å². The summed E-state index contributed by atoms with van der Waals surface area (Å²) in [6, 6.07) is 9.04. The van der Waals surface area contributed by atoms with Crippen LogP contribution in [0, 0.1) is 11.8 Å². The minimum atomic E-state index is -0.0351. The molecule has 3 nitrogen and oxygen atoms in total. The fourth-order valence-corrected chi connectivity index (χ4v) is 4.48. The Morgan fingerprint density at radius 3 is 2.43 bits per heavy atom. The van der Waals surface area contributed by atoms with Crippen molar-refractivity contribution in [3.63, 3.8) is 0 Å². The predicted octanol–water partition coefficient (Wildman–Crippen LogP) is 3.67. The minimum absolute atomic E-state index is 0.0351. The van der Waals surface area contributed by atoms with Gasteiger partial charge < -0.3 is 14.7 Å². The first-order valence-electron chi connectivity index (χ1n) is 9.14. The van der Waals surface area contributed by atoms with Gasteiger partial charge >= 0.3 is 0 Å². The number of fused-ring (bicyclic) bond motifs is 1. The second kappa shape index (κ2) is 7.23. The maximum atomic E-state index is 9.76. The summed E-state index contributed by atoms with van der Waals surface area (Å²) in [6.45, 7) is 6.13. The number of nitrogens with zero attached hydrogens (tertiary/aromatic N) is 1. The Morgan fingerprint density at radius 1 is 1.13 bits per heavy atom. The topological polar surface area (TPSA) is 32.7 Å². The lowest BCUT2D eigenvalue weighted by atomic mass is 10.0. The van der Waals surface area contributed by atoms with Crippen molar-refractivity contribution in [3.05, 3.63) is 29.8 Å². The number of hydrogen-bond acceptors (Lipinski definition) is 3. The van der Waals surface area contributed by atoms with Gasteiger partial charge in [0.25, 0.3) is 0 Å². The number of likely N-dealkylation sites (N-methyl/N-ethyl adjacent to an activating group) is 1. The summed E-state index contributed by atoms with van der Waals surface area (Å²) in [5.74, 6) is 3.02. The Kier molecular flexibility index (Phi) is 5.27. The largest absolute Gasteiger partial charge is 0.492 e. The standard InChI is InChI=1S/C20H31NO2/c1-14(2)19-6-4-5-7-20(19)23-9-8-21(3)17-10-15-12-18(22)13-16(15)11-17/h4-7,14-18,22H,8-13H2,1-3H3/t15-,16+,17?,18?. The fourth-order valence-electron chi connectivity index (χ4n) is 4.48. The van der Waals surface area contributed by atoms with E-state index in [2.05, 4.69) is 44.0 Å². The number of benzene rings is 1. The van der Waals surface area contributed by atoms with Gasteiger partial charge in [0.2, 0.25) is 0 Å². The lowest BCUT2D eigenvalue weighted by Crippen LogP contribution is -2.33. The second-order valence-electron chi connectivity index (χ2n) is 7.79. The highest BCUT2D eigenvalue weighted by molar-refractivity contribution is 5.35. The zero-order valence-electron chi connectivity index (χ0n) is 14.7. The van der Waals surface area contributed by atoms with Gasteiger partial charge in [0, 0.05) is 12.6 Å². The Hall–Kier alpha value is -1.06. The van der Waals surface area contributed by atoms with E-state index in [1.165, 1.54) is 18.4 Å². The first-order chi connectivity index (χ1) is 11.0. The van der Waals surface area contributed by atoms with E-state index in [1.807, 2.05) is 6.07 Å². The van der Waals surface area contributed by atoms with Gasteiger partial charge in [0.15, 0.2) is 0 Å². The summed E-state index contributed by atoms with van der Waals surface area (Å²) in [5, 5.41) is 9.76. The van der Waals surface area contributed by atoms with Crippen molar-refractivity contribution in [1.82, 2.24) is 4.90 Å². The third-order valence-corrected chi connectivity index (χ3v) is 5.83. The molecule has 1 N–H and O–H groups in total. The molecule has 2 saturated carbocycles. The third kappa shape index (κ3) is 3.89. The Bertz CT molecular complexity index is 502. The predicted molar refractivity (Wildman–Crippen MR) is 93.9 cm³/mol. The number of hydrogen-bond donors (Lipinski definition) is 1. The number of aliphatic hydroxyl groups is 1. The van der Waals surface area contributed by atoms with Gasteiger partial charge in [-0.25, -0.2) is 0 Å². The highest BCUT2D eigenvalue weighted by atomic mass is 16.5. The average Bonchev–Trinajstić information content (AvgIpc) is 3.04. The van der Waals surface area contributed by atoms with Crippen molar-refractivity contribution in [2.45, 2.75) is 57.6 Å². The molecule has 1 aromatic rings. The molecule has 3 rings (SSSR count). The van der Waals surface area contributed by atoms with E-state index in [-0.39, 0.29) is 6.10 Å². The molecule has 0 amide bonds. The van der Waals surface area contributed by atoms with Crippen LogP contribution < -0.4 is 4.74 Å². The van der Waals surface area contributed by atoms with E-state index in [1.54, 1.807) is 0 Å². The molecule has 0 aromatic heterocycles. The van der Waals surface area contributed by atoms with E-state index in [4.69, 9.17) is 4.74 Å². The van der Waals surface area contributed by atoms with Gasteiger partial charge in [-0.2, -0.15) is 0 Å². The maximum Gasteiger partial charge on any atom is 0.122 e. The highest BCUT2D eigenvalue weighted by Crippen LogP contribution is 2.45. The minimum Gasteiger partial charge on any atom is -0.492 e. The molecule has 0 radical (unpaired) electrons. The maximum absolute atomic E-state index is 9.76. The zero-order chi connectivity index (χ0) is 16.4. The molecule has 2 aliphatic rings. The van der Waals surface area contributed by atoms with Crippen LogP contribution in [0.1, 0.15) is 51.0 Å². The smallest absolute Gasteiger partial charge is 0.122 e. The lowest BCUT2D eigenvalue weighted by molar-refractivity contribution is 0.152. The van der Waals surface area contributed by atoms with Gasteiger partial charge in [-0.3, -0.25) is 0 Å². The van der Waals surface area contributed by atoms with Crippen molar-refractivity contribution in [3.8, 4) is 5.75 Å². The lowest BCUT2D eigenvalue weighted by Gasteiger charge is -2.25. The first kappa shape index (κ1) is 16.8. The van der Waals surface area contributed by atoms with Gasteiger partial charge in [-0.15, -0.1) is 0 Å². The molecular formula is C20H31NO2. The number of rotatable bonds is 6. The molecule has 2 aliphatic carbocycles. The molecule has 2 unspecified atom stereocenters. The van der Waals surface area contributed by atoms with Crippen molar-refractivity contribution in [2.75, 3.05) is 20.2 Å². The molecule has 3 heteroatoms. The van der Waals surface area contributed by atoms with E-state index in [0.29, 0.717) is 12.0 Å². The Morgan fingerprint density at radius 2 is 1.78 bits per heavy atom. The van der Waals surface area contributed by atoms with Gasteiger partial charge in [-0.1, -0.05) is 32.0 Å². The first-order valence-corrected chi connectivity index (χ1v) is 9.14. The van der Waals surface area contributed by atoms with Crippen molar-refractivity contribution in [2.24, 2.45) is 11.8 Å². The molecule has 128 valence electrons. The Balaban J connectivity index is 1.46. The summed E-state index contributed by atoms with van der Waals surface area (Å²) < 4.78 is 6.06. The summed E-state index contributed by atoms with van der Waals surface area (Å²) in [5.41, 5.74) is 1.29. The summed E-state index contributed by atoms with van der Waals surface area (Å²) in [6.07, 6.45) is 4.51. The fraction of sp³-hybridized carbons (Fsp3) is 0.700. The molecule has 0 aliphatic heterocycles. The normalized spacial score (nSPS) is 30.2. The SMILES string of the molecule is CC(C)c1ccccc1OCCN(C)C1C[C@H]2CC(O)C[C@H]2C1. The van der Waals surface area contributed by atoms with E-state index >= 15 is 0 Å². The van der Waals surface area contributed by atoms with Gasteiger partial charge in [-0.05, 0) is 62.1 Å². The van der Waals surface area contributed by atoms with Crippen LogP contribution in [0.25, 0.3) is 0 Å². The van der Waals surface area contributed by atoms with Crippen molar-refractivity contribution >= 4 is 0 Å². The van der Waals surface area contributed by atoms with Crippen LogP contribution in [-0.4, -0.2) is 42.4 Å². The van der Waals surface area contributed by atoms with Crippen LogP contribution in [-0.2, 0) is 0 Å². The van der Waals surface area contributed by atoms with Crippen LogP contribution in [0.15, 0.2) is 24.3 Å². The molecule has 0 spiro atoms. The second-order valence-corrected chi connectivity index (χ2v) is 7.79. The van der Waals surface area contributed by atoms with E-state index in [0.717, 1.165) is 43.6 Å². The summed E-state index contributed by atoms with van der Waals surface area (Å²) in [4.78, 5) is 2.46. The molecule has 4 atom stereocenters. The quantitative estimate of drug-likeness (QED) is 0.869. The third-order valence-electron chi connectivity index (χ3n) is 5.83. The van der Waals surface area contributed by atoms with Crippen LogP contribution in [0.4, 0.5) is 0 Å². The van der Waals surface area contributed by atoms with Crippen LogP contribution >= 0.6 is 0 Å². The summed E-state index contributed by atoms with van der Waals surface area (Å²) >= 11 is 0. The molecule has 1 aromatic carbocycles. The van der Waals surface area contributed by atoms with Crippen LogP contribution in [0.3, 0.4) is 0 Å². The molecule has 2 fully saturated rings. The van der Waals surface area contributed by atoms with Gasteiger partial charge in [0.05, 0.1) is 6.10 Å². The molecular weight excluding hydrogens is 286 g/mol. The average molecular weight is 317 g/mol. The van der Waals surface area contributed by atoms with Crippen LogP contribution in [0.5, 0.6) is 5.75 Å². The number of para-hydroxylation sites is 1. The Labute approximate surface area is 140 Å². The number of aliphatic hydroxyl groups excluding tert-OH is 1. The van der Waals surface area contributed by atoms with E-state index in [9.17, 15) is 5.11 Å². The van der Waals surface area contributed by atoms with E-state index < -0.39 is 0 Å². The molecule has 0 saturated heterocycles. The van der Waals surface area contributed by atoms with Crippen molar-refractivity contribution < 1.29 is 9.84 Å². The van der Waals surface area contributed by atoms with Crippen LogP contribution in [0.2, 0.25) is 0 Å². The van der Waals surface area contributed by atoms with Crippen molar-refractivity contribution in [1.29, 1.82) is 0 Å². The molecule has 23 heavy (non-hydrogen) atoms. The molecule has 0 bridgehead atoms. The molecule has 0 heterocycles. The highest BCUT2D eigenvalue weighted by Gasteiger charge is 2.42. The summed E-state index contributed by atoms with van der Waals surface area (Å²) in [7, 11) is 2.22. The monoisotopic (exact) mass is 317 g/mol.